The lowest BCUT2D eigenvalue weighted by molar-refractivity contribution is 0.142. The number of carbonyl (C=O) groups is 1. The fraction of sp³-hybridized carbons (Fsp3) is 0.280. The van der Waals surface area contributed by atoms with Gasteiger partial charge in [-0.25, -0.2) is 23.1 Å². The molecule has 1 aliphatic heterocycles. The Labute approximate surface area is 215 Å². The number of nitriles is 1. The van der Waals surface area contributed by atoms with E-state index in [-0.39, 0.29) is 18.9 Å². The van der Waals surface area contributed by atoms with Crippen molar-refractivity contribution in [2.45, 2.75) is 13.3 Å². The number of fused-ring (bicyclic) bond motifs is 1. The zero-order chi connectivity index (χ0) is 26.3. The average molecular weight is 524 g/mol. The molecule has 5 rings (SSSR count). The van der Waals surface area contributed by atoms with Crippen LogP contribution in [-0.4, -0.2) is 63.9 Å². The van der Waals surface area contributed by atoms with E-state index < -0.39 is 11.9 Å². The first kappa shape index (κ1) is 24.5. The van der Waals surface area contributed by atoms with Crippen molar-refractivity contribution in [3.05, 3.63) is 58.7 Å². The second kappa shape index (κ2) is 9.67. The summed E-state index contributed by atoms with van der Waals surface area (Å²) in [6, 6.07) is 9.72. The second-order valence-electron chi connectivity index (χ2n) is 8.59. The van der Waals surface area contributed by atoms with Gasteiger partial charge in [0.15, 0.2) is 10.9 Å². The van der Waals surface area contributed by atoms with Gasteiger partial charge in [-0.2, -0.15) is 10.4 Å². The summed E-state index contributed by atoms with van der Waals surface area (Å²) < 4.78 is 30.1. The predicted molar refractivity (Wildman–Crippen MR) is 137 cm³/mol. The van der Waals surface area contributed by atoms with Crippen LogP contribution in [0.15, 0.2) is 36.5 Å². The second-order valence-corrected chi connectivity index (χ2v) is 9.57. The first-order chi connectivity index (χ1) is 17.8. The number of carboxylic acid groups (broad SMARTS) is 1. The smallest absolute Gasteiger partial charge is 0.407 e. The highest BCUT2D eigenvalue weighted by Crippen LogP contribution is 2.39. The van der Waals surface area contributed by atoms with Gasteiger partial charge in [0, 0.05) is 38.8 Å². The number of thiazole rings is 1. The number of piperazine rings is 1. The molecule has 190 valence electrons. The van der Waals surface area contributed by atoms with Gasteiger partial charge < -0.3 is 19.8 Å². The van der Waals surface area contributed by atoms with Crippen LogP contribution >= 0.6 is 11.3 Å². The Morgan fingerprint density at radius 3 is 2.54 bits per heavy atom. The number of hydrogen-bond acceptors (Lipinski definition) is 7. The van der Waals surface area contributed by atoms with E-state index >= 15 is 4.39 Å². The normalized spacial score (nSPS) is 13.7. The molecule has 1 N–H and O–H groups in total. The van der Waals surface area contributed by atoms with Crippen molar-refractivity contribution in [2.24, 2.45) is 0 Å². The number of pyridine rings is 1. The fourth-order valence-electron chi connectivity index (χ4n) is 4.50. The van der Waals surface area contributed by atoms with E-state index in [9.17, 15) is 19.6 Å². The van der Waals surface area contributed by atoms with Gasteiger partial charge in [0.05, 0.1) is 28.8 Å². The van der Waals surface area contributed by atoms with Crippen LogP contribution in [0.3, 0.4) is 0 Å². The van der Waals surface area contributed by atoms with E-state index in [4.69, 9.17) is 4.98 Å². The molecular formula is C25H23F2N7O2S. The number of aryl methyl sites for hydroxylation is 1. The SMILES string of the molecule is CCc1nn2cc(F)c(N3CCN(C(=O)O)CC3)cc2c1N(C)c1nc(-c2ccc(F)cc2)c(C#N)s1. The van der Waals surface area contributed by atoms with E-state index in [1.807, 2.05) is 23.8 Å². The summed E-state index contributed by atoms with van der Waals surface area (Å²) in [6.45, 7) is 3.27. The highest BCUT2D eigenvalue weighted by atomic mass is 32.1. The molecule has 0 atom stereocenters. The Morgan fingerprint density at radius 1 is 1.22 bits per heavy atom. The molecule has 12 heteroatoms. The summed E-state index contributed by atoms with van der Waals surface area (Å²) in [6.07, 6.45) is 0.928. The Hall–Kier alpha value is -4.24. The van der Waals surface area contributed by atoms with Crippen molar-refractivity contribution < 1.29 is 18.7 Å². The van der Waals surface area contributed by atoms with E-state index in [0.29, 0.717) is 52.0 Å². The molecule has 4 aromatic rings. The fourth-order valence-corrected chi connectivity index (χ4v) is 5.36. The number of halogens is 2. The van der Waals surface area contributed by atoms with Gasteiger partial charge in [-0.15, -0.1) is 0 Å². The van der Waals surface area contributed by atoms with Gasteiger partial charge in [0.2, 0.25) is 0 Å². The summed E-state index contributed by atoms with van der Waals surface area (Å²) in [4.78, 5) is 21.3. The summed E-state index contributed by atoms with van der Waals surface area (Å²) in [5.41, 5.74) is 3.59. The molecule has 0 saturated carbocycles. The summed E-state index contributed by atoms with van der Waals surface area (Å²) in [5.74, 6) is -0.823. The third-order valence-electron chi connectivity index (χ3n) is 6.43. The maximum absolute atomic E-state index is 15.1. The Bertz CT molecular complexity index is 1520. The first-order valence-electron chi connectivity index (χ1n) is 11.6. The maximum atomic E-state index is 15.1. The first-order valence-corrected chi connectivity index (χ1v) is 12.5. The standard InChI is InChI=1S/C25H23F2N7O2S/c1-3-18-23(31(2)24-29-22(21(13-28)37-24)15-4-6-16(26)7-5-15)20-12-19(17(27)14-34(20)30-18)32-8-10-33(11-9-32)25(35)36/h4-7,12,14H,3,8-11H2,1-2H3,(H,35,36). The molecule has 0 unspecified atom stereocenters. The zero-order valence-corrected chi connectivity index (χ0v) is 21.0. The molecule has 0 aliphatic carbocycles. The summed E-state index contributed by atoms with van der Waals surface area (Å²) in [5, 5.41) is 24.1. The molecular weight excluding hydrogens is 500 g/mol. The molecule has 1 amide bonds. The molecule has 1 aliphatic rings. The third kappa shape index (κ3) is 4.42. The quantitative estimate of drug-likeness (QED) is 0.403. The van der Waals surface area contributed by atoms with Crippen molar-refractivity contribution in [3.8, 4) is 17.3 Å². The van der Waals surface area contributed by atoms with Crippen LogP contribution in [-0.2, 0) is 6.42 Å². The largest absolute Gasteiger partial charge is 0.465 e. The van der Waals surface area contributed by atoms with Crippen molar-refractivity contribution in [2.75, 3.05) is 43.0 Å². The van der Waals surface area contributed by atoms with E-state index in [1.165, 1.54) is 39.1 Å². The molecule has 0 bridgehead atoms. The minimum absolute atomic E-state index is 0.286. The molecule has 3 aromatic heterocycles. The van der Waals surface area contributed by atoms with E-state index in [1.54, 1.807) is 18.2 Å². The number of hydrogen-bond donors (Lipinski definition) is 1. The summed E-state index contributed by atoms with van der Waals surface area (Å²) in [7, 11) is 1.82. The number of amides is 1. The number of anilines is 3. The molecule has 0 radical (unpaired) electrons. The molecule has 1 aromatic carbocycles. The highest BCUT2D eigenvalue weighted by Gasteiger charge is 2.26. The average Bonchev–Trinajstić information content (AvgIpc) is 3.49. The third-order valence-corrected chi connectivity index (χ3v) is 7.46. The van der Waals surface area contributed by atoms with Crippen LogP contribution in [0.25, 0.3) is 16.8 Å². The van der Waals surface area contributed by atoms with Crippen molar-refractivity contribution >= 4 is 39.5 Å². The number of benzene rings is 1. The molecule has 0 spiro atoms. The van der Waals surface area contributed by atoms with Gasteiger partial charge in [-0.1, -0.05) is 18.3 Å². The van der Waals surface area contributed by atoms with Crippen LogP contribution in [0.1, 0.15) is 17.5 Å². The van der Waals surface area contributed by atoms with Crippen molar-refractivity contribution in [1.82, 2.24) is 19.5 Å². The molecule has 1 fully saturated rings. The molecule has 1 saturated heterocycles. The van der Waals surface area contributed by atoms with Crippen molar-refractivity contribution in [1.29, 1.82) is 5.26 Å². The van der Waals surface area contributed by atoms with Crippen LogP contribution in [0, 0.1) is 23.0 Å². The molecule has 9 nitrogen and oxygen atoms in total. The van der Waals surface area contributed by atoms with Gasteiger partial charge in [0.1, 0.15) is 22.5 Å². The Balaban J connectivity index is 1.55. The van der Waals surface area contributed by atoms with Crippen LogP contribution < -0.4 is 9.80 Å². The highest BCUT2D eigenvalue weighted by molar-refractivity contribution is 7.16. The van der Waals surface area contributed by atoms with Gasteiger partial charge >= 0.3 is 6.09 Å². The monoisotopic (exact) mass is 523 g/mol. The summed E-state index contributed by atoms with van der Waals surface area (Å²) >= 11 is 1.21. The van der Waals surface area contributed by atoms with Gasteiger partial charge in [-0.05, 0) is 36.8 Å². The van der Waals surface area contributed by atoms with Gasteiger partial charge in [0.25, 0.3) is 0 Å². The lowest BCUT2D eigenvalue weighted by Gasteiger charge is -2.34. The predicted octanol–water partition coefficient (Wildman–Crippen LogP) is 4.74. The van der Waals surface area contributed by atoms with Crippen molar-refractivity contribution in [3.63, 3.8) is 0 Å². The van der Waals surface area contributed by atoms with Crippen LogP contribution in [0.5, 0.6) is 0 Å². The van der Waals surface area contributed by atoms with Crippen LogP contribution in [0.4, 0.5) is 30.1 Å². The van der Waals surface area contributed by atoms with Crippen LogP contribution in [0.2, 0.25) is 0 Å². The Kier molecular flexibility index (Phi) is 6.39. The lowest BCUT2D eigenvalue weighted by atomic mass is 10.1. The number of nitrogens with zero attached hydrogens (tertiary/aromatic N) is 7. The van der Waals surface area contributed by atoms with E-state index in [0.717, 1.165) is 11.4 Å². The molecule has 37 heavy (non-hydrogen) atoms. The van der Waals surface area contributed by atoms with Gasteiger partial charge in [-0.3, -0.25) is 0 Å². The lowest BCUT2D eigenvalue weighted by Crippen LogP contribution is -2.48. The Morgan fingerprint density at radius 2 is 1.92 bits per heavy atom. The van der Waals surface area contributed by atoms with E-state index in [2.05, 4.69) is 11.2 Å². The minimum atomic E-state index is -0.983. The topological polar surface area (TPSA) is 101 Å². The number of rotatable bonds is 5. The minimum Gasteiger partial charge on any atom is -0.465 e. The number of aromatic nitrogens is 3. The maximum Gasteiger partial charge on any atom is 0.407 e. The molecule has 4 heterocycles. The zero-order valence-electron chi connectivity index (χ0n) is 20.1.